The van der Waals surface area contributed by atoms with Crippen molar-refractivity contribution in [1.29, 1.82) is 0 Å². The van der Waals surface area contributed by atoms with Gasteiger partial charge in [-0.2, -0.15) is 0 Å². The van der Waals surface area contributed by atoms with E-state index in [0.717, 1.165) is 22.3 Å². The van der Waals surface area contributed by atoms with Crippen LogP contribution in [0.1, 0.15) is 27.9 Å². The predicted octanol–water partition coefficient (Wildman–Crippen LogP) is 4.51. The maximum atomic E-state index is 13.2. The van der Waals surface area contributed by atoms with E-state index in [1.54, 1.807) is 6.33 Å². The number of aromatic nitrogens is 2. The van der Waals surface area contributed by atoms with Gasteiger partial charge in [0.25, 0.3) is 0 Å². The zero-order valence-corrected chi connectivity index (χ0v) is 25.5. The smallest absolute Gasteiger partial charge is 0.328 e. The number of nitrogens with one attached hydrogen (secondary N) is 1. The second kappa shape index (κ2) is 15.0. The summed E-state index contributed by atoms with van der Waals surface area (Å²) in [4.78, 5) is 43.8. The number of hydrogen-bond acceptors (Lipinski definition) is 6. The Kier molecular flexibility index (Phi) is 10.4. The molecule has 1 heterocycles. The van der Waals surface area contributed by atoms with Gasteiger partial charge in [-0.1, -0.05) is 121 Å². The van der Waals surface area contributed by atoms with Crippen molar-refractivity contribution in [2.24, 2.45) is 0 Å². The lowest BCUT2D eigenvalue weighted by atomic mass is 9.77. The average molecular weight is 617 g/mol. The van der Waals surface area contributed by atoms with Gasteiger partial charge in [-0.15, -0.1) is 0 Å². The minimum Gasteiger partial charge on any atom is -0.480 e. The number of carbonyl (C=O) groups is 3. The molecule has 5 rings (SSSR count). The summed E-state index contributed by atoms with van der Waals surface area (Å²) in [5, 5.41) is 12.2. The molecule has 0 aliphatic rings. The highest BCUT2D eigenvalue weighted by molar-refractivity contribution is 5.86. The number of methoxy groups -OCH3 is 1. The van der Waals surface area contributed by atoms with Crippen LogP contribution in [0.3, 0.4) is 0 Å². The number of rotatable bonds is 14. The third-order valence-electron chi connectivity index (χ3n) is 7.81. The summed E-state index contributed by atoms with van der Waals surface area (Å²) in [5.41, 5.74) is 3.71. The second-order valence-electron chi connectivity index (χ2n) is 11.0. The molecule has 46 heavy (non-hydrogen) atoms. The highest BCUT2D eigenvalue weighted by atomic mass is 16.5. The van der Waals surface area contributed by atoms with Gasteiger partial charge in [0.05, 0.1) is 32.2 Å². The number of carboxylic acid groups (broad SMARTS) is 1. The average Bonchev–Trinajstić information content (AvgIpc) is 3.54. The van der Waals surface area contributed by atoms with Crippen molar-refractivity contribution in [2.75, 3.05) is 20.2 Å². The summed E-state index contributed by atoms with van der Waals surface area (Å²) in [7, 11) is 1.26. The first kappa shape index (κ1) is 31.9. The Morgan fingerprint density at radius 1 is 0.804 bits per heavy atom. The Balaban J connectivity index is 1.44. The highest BCUT2D eigenvalue weighted by Crippen LogP contribution is 2.40. The number of carbonyl (C=O) groups excluding carboxylic acids is 2. The van der Waals surface area contributed by atoms with E-state index in [4.69, 9.17) is 9.72 Å². The lowest BCUT2D eigenvalue weighted by Gasteiger charge is -2.37. The van der Waals surface area contributed by atoms with Gasteiger partial charge in [0, 0.05) is 19.2 Å². The van der Waals surface area contributed by atoms with Crippen LogP contribution in [-0.4, -0.2) is 63.6 Å². The number of imidazole rings is 1. The van der Waals surface area contributed by atoms with Crippen molar-refractivity contribution in [3.05, 3.63) is 162 Å². The topological polar surface area (TPSA) is 114 Å². The zero-order chi connectivity index (χ0) is 32.4. The Hall–Kier alpha value is -5.54. The van der Waals surface area contributed by atoms with Crippen LogP contribution in [0.2, 0.25) is 0 Å². The molecular weight excluding hydrogens is 580 g/mol. The zero-order valence-electron chi connectivity index (χ0n) is 25.5. The van der Waals surface area contributed by atoms with Crippen LogP contribution in [0.15, 0.2) is 134 Å². The first-order valence-corrected chi connectivity index (χ1v) is 15.0. The van der Waals surface area contributed by atoms with Crippen LogP contribution < -0.4 is 5.32 Å². The monoisotopic (exact) mass is 616 g/mol. The van der Waals surface area contributed by atoms with Crippen molar-refractivity contribution in [3.63, 3.8) is 0 Å². The maximum absolute atomic E-state index is 13.2. The van der Waals surface area contributed by atoms with Gasteiger partial charge in [-0.05, 0) is 22.3 Å². The summed E-state index contributed by atoms with van der Waals surface area (Å²) in [5.74, 6) is -2.19. The van der Waals surface area contributed by atoms with E-state index in [9.17, 15) is 19.5 Å². The molecule has 9 nitrogen and oxygen atoms in total. The molecule has 4 aromatic carbocycles. The third-order valence-corrected chi connectivity index (χ3v) is 7.81. The van der Waals surface area contributed by atoms with Crippen LogP contribution in [0, 0.1) is 0 Å². The largest absolute Gasteiger partial charge is 0.480 e. The van der Waals surface area contributed by atoms with Gasteiger partial charge >= 0.3 is 11.9 Å². The molecular formula is C37H36N4O5. The van der Waals surface area contributed by atoms with E-state index in [-0.39, 0.29) is 26.1 Å². The van der Waals surface area contributed by atoms with Crippen LogP contribution in [-0.2, 0) is 37.6 Å². The van der Waals surface area contributed by atoms with Crippen LogP contribution in [0.5, 0.6) is 0 Å². The molecule has 0 spiro atoms. The highest BCUT2D eigenvalue weighted by Gasteiger charge is 2.38. The molecule has 1 unspecified atom stereocenters. The van der Waals surface area contributed by atoms with Crippen molar-refractivity contribution >= 4 is 17.8 Å². The van der Waals surface area contributed by atoms with Crippen LogP contribution in [0.4, 0.5) is 0 Å². The van der Waals surface area contributed by atoms with Gasteiger partial charge in [0.1, 0.15) is 11.6 Å². The van der Waals surface area contributed by atoms with Crippen molar-refractivity contribution in [3.8, 4) is 0 Å². The van der Waals surface area contributed by atoms with Gasteiger partial charge in [0.15, 0.2) is 0 Å². The lowest BCUT2D eigenvalue weighted by Crippen LogP contribution is -2.47. The molecule has 9 heteroatoms. The van der Waals surface area contributed by atoms with E-state index in [1.165, 1.54) is 12.0 Å². The number of benzene rings is 4. The van der Waals surface area contributed by atoms with Gasteiger partial charge in [-0.25, -0.2) is 9.78 Å². The Labute approximate surface area is 268 Å². The predicted molar refractivity (Wildman–Crippen MR) is 174 cm³/mol. The Bertz CT molecular complexity index is 1630. The third kappa shape index (κ3) is 7.39. The number of amides is 1. The SMILES string of the molecule is COC(=O)C(Cc1cn(C(c2ccccc2)(c2ccccc2)c2ccccc2)cn1)NC(=O)CN(CC(=O)O)Cc1ccccc1. The summed E-state index contributed by atoms with van der Waals surface area (Å²) in [6.07, 6.45) is 3.70. The maximum Gasteiger partial charge on any atom is 0.328 e. The molecule has 0 radical (unpaired) electrons. The van der Waals surface area contributed by atoms with E-state index in [1.807, 2.05) is 95.7 Å². The molecule has 0 saturated carbocycles. The van der Waals surface area contributed by atoms with Gasteiger partial charge in [-0.3, -0.25) is 14.5 Å². The molecule has 0 fully saturated rings. The molecule has 0 saturated heterocycles. The molecule has 234 valence electrons. The summed E-state index contributed by atoms with van der Waals surface area (Å²) < 4.78 is 7.07. The van der Waals surface area contributed by atoms with Crippen LogP contribution >= 0.6 is 0 Å². The standard InChI is InChI=1S/C37H36N4O5/c1-46-36(45)33(39-34(42)25-40(26-35(43)44)23-28-14-6-2-7-15-28)22-32-24-41(27-38-32)37(29-16-8-3-9-17-29,30-18-10-4-11-19-30)31-20-12-5-13-21-31/h2-21,24,27,33H,22-23,25-26H2,1H3,(H,39,42)(H,43,44). The second-order valence-corrected chi connectivity index (χ2v) is 11.0. The fourth-order valence-corrected chi connectivity index (χ4v) is 5.83. The van der Waals surface area contributed by atoms with Crippen LogP contribution in [0.25, 0.3) is 0 Å². The normalized spacial score (nSPS) is 12.0. The summed E-state index contributed by atoms with van der Waals surface area (Å²) in [6.45, 7) is -0.299. The number of esters is 1. The molecule has 5 aromatic rings. The van der Waals surface area contributed by atoms with E-state index in [0.29, 0.717) is 5.69 Å². The fraction of sp³-hybridized carbons (Fsp3) is 0.189. The first-order chi connectivity index (χ1) is 22.4. The number of ether oxygens (including phenoxy) is 1. The van der Waals surface area contributed by atoms with E-state index in [2.05, 4.69) is 41.7 Å². The van der Waals surface area contributed by atoms with Crippen molar-refractivity contribution in [2.45, 2.75) is 24.5 Å². The first-order valence-electron chi connectivity index (χ1n) is 15.0. The Morgan fingerprint density at radius 3 is 1.78 bits per heavy atom. The molecule has 0 aliphatic carbocycles. The molecule has 2 N–H and O–H groups in total. The quantitative estimate of drug-likeness (QED) is 0.139. The minimum atomic E-state index is -1.06. The van der Waals surface area contributed by atoms with Crippen molar-refractivity contribution in [1.82, 2.24) is 19.8 Å². The summed E-state index contributed by atoms with van der Waals surface area (Å²) >= 11 is 0. The minimum absolute atomic E-state index is 0.0669. The van der Waals surface area contributed by atoms with Gasteiger partial charge < -0.3 is 19.7 Å². The number of aliphatic carboxylic acids is 1. The summed E-state index contributed by atoms with van der Waals surface area (Å²) in [6, 6.07) is 38.7. The lowest BCUT2D eigenvalue weighted by molar-refractivity contribution is -0.145. The molecule has 0 bridgehead atoms. The number of carboxylic acids is 1. The number of nitrogens with zero attached hydrogens (tertiary/aromatic N) is 3. The van der Waals surface area contributed by atoms with Crippen molar-refractivity contribution < 1.29 is 24.2 Å². The van der Waals surface area contributed by atoms with E-state index < -0.39 is 29.4 Å². The molecule has 1 aromatic heterocycles. The Morgan fingerprint density at radius 2 is 1.30 bits per heavy atom. The molecule has 1 atom stereocenters. The number of hydrogen-bond donors (Lipinski definition) is 2. The van der Waals surface area contributed by atoms with Gasteiger partial charge in [0.2, 0.25) is 5.91 Å². The molecule has 1 amide bonds. The fourth-order valence-electron chi connectivity index (χ4n) is 5.83. The molecule has 0 aliphatic heterocycles. The van der Waals surface area contributed by atoms with E-state index >= 15 is 0 Å².